The first-order chi connectivity index (χ1) is 7.56. The summed E-state index contributed by atoms with van der Waals surface area (Å²) in [4.78, 5) is 10.7. The van der Waals surface area contributed by atoms with Crippen molar-refractivity contribution < 1.29 is 0 Å². The molecule has 2 N–H and O–H groups in total. The number of hydrogen-bond donors (Lipinski definition) is 1. The summed E-state index contributed by atoms with van der Waals surface area (Å²) in [6.07, 6.45) is 1.15. The average molecular weight is 287 g/mol. The van der Waals surface area contributed by atoms with Crippen molar-refractivity contribution in [2.45, 2.75) is 27.2 Å². The maximum absolute atomic E-state index is 5.71. The summed E-state index contributed by atoms with van der Waals surface area (Å²) in [7, 11) is 0. The maximum Gasteiger partial charge on any atom is 0.228 e. The highest BCUT2D eigenvalue weighted by atomic mass is 79.9. The molecule has 0 radical (unpaired) electrons. The van der Waals surface area contributed by atoms with E-state index in [-0.39, 0.29) is 0 Å². The first-order valence-corrected chi connectivity index (χ1v) is 6.41. The third-order valence-corrected chi connectivity index (χ3v) is 3.00. The zero-order valence-electron chi connectivity index (χ0n) is 10.1. The van der Waals surface area contributed by atoms with E-state index in [9.17, 15) is 0 Å². The molecule has 0 amide bonds. The van der Waals surface area contributed by atoms with E-state index in [0.29, 0.717) is 17.7 Å². The quantitative estimate of drug-likeness (QED) is 0.846. The van der Waals surface area contributed by atoms with Gasteiger partial charge in [0.25, 0.3) is 0 Å². The van der Waals surface area contributed by atoms with Crippen molar-refractivity contribution in [1.29, 1.82) is 0 Å². The highest BCUT2D eigenvalue weighted by Gasteiger charge is 2.12. The molecule has 1 aromatic heterocycles. The maximum atomic E-state index is 5.71. The van der Waals surface area contributed by atoms with E-state index in [1.165, 1.54) is 0 Å². The standard InChI is InChI=1S/C11H19BrN4/c1-4-8(3)7-16(5-2)11-14-9(12)6-10(13)15-11/h6,8H,4-5,7H2,1-3H3,(H2,13,14,15). The summed E-state index contributed by atoms with van der Waals surface area (Å²) in [5.41, 5.74) is 5.71. The molecule has 90 valence electrons. The molecule has 0 aliphatic carbocycles. The van der Waals surface area contributed by atoms with Crippen LogP contribution in [0, 0.1) is 5.92 Å². The number of nitrogens with zero attached hydrogens (tertiary/aromatic N) is 3. The van der Waals surface area contributed by atoms with E-state index in [1.54, 1.807) is 6.07 Å². The molecule has 0 saturated heterocycles. The molecule has 1 rings (SSSR count). The Morgan fingerprint density at radius 2 is 2.12 bits per heavy atom. The molecule has 0 saturated carbocycles. The molecular weight excluding hydrogens is 268 g/mol. The predicted molar refractivity (Wildman–Crippen MR) is 71.5 cm³/mol. The van der Waals surface area contributed by atoms with Crippen LogP contribution in [0.4, 0.5) is 11.8 Å². The molecular formula is C11H19BrN4. The second-order valence-corrected chi connectivity index (χ2v) is 4.78. The van der Waals surface area contributed by atoms with E-state index < -0.39 is 0 Å². The zero-order chi connectivity index (χ0) is 12.1. The van der Waals surface area contributed by atoms with Gasteiger partial charge in [-0.2, -0.15) is 4.98 Å². The van der Waals surface area contributed by atoms with E-state index in [2.05, 4.69) is 51.6 Å². The Kier molecular flexibility index (Phi) is 4.99. The highest BCUT2D eigenvalue weighted by Crippen LogP contribution is 2.17. The lowest BCUT2D eigenvalue weighted by Crippen LogP contribution is -2.30. The minimum Gasteiger partial charge on any atom is -0.383 e. The van der Waals surface area contributed by atoms with Crippen molar-refractivity contribution in [3.05, 3.63) is 10.7 Å². The van der Waals surface area contributed by atoms with Crippen LogP contribution in [0.5, 0.6) is 0 Å². The van der Waals surface area contributed by atoms with Crippen LogP contribution in [0.1, 0.15) is 27.2 Å². The summed E-state index contributed by atoms with van der Waals surface area (Å²) in [6, 6.07) is 1.71. The van der Waals surface area contributed by atoms with Gasteiger partial charge in [-0.05, 0) is 28.8 Å². The normalized spacial score (nSPS) is 12.5. The van der Waals surface area contributed by atoms with Gasteiger partial charge in [-0.3, -0.25) is 0 Å². The lowest BCUT2D eigenvalue weighted by Gasteiger charge is -2.24. The fourth-order valence-electron chi connectivity index (χ4n) is 1.42. The van der Waals surface area contributed by atoms with Crippen molar-refractivity contribution in [3.63, 3.8) is 0 Å². The molecule has 5 heteroatoms. The van der Waals surface area contributed by atoms with E-state index in [1.807, 2.05) is 0 Å². The van der Waals surface area contributed by atoms with E-state index in [4.69, 9.17) is 5.73 Å². The van der Waals surface area contributed by atoms with Crippen LogP contribution in [-0.4, -0.2) is 23.1 Å². The van der Waals surface area contributed by atoms with Gasteiger partial charge < -0.3 is 10.6 Å². The topological polar surface area (TPSA) is 55.0 Å². The third-order valence-electron chi connectivity index (χ3n) is 2.60. The van der Waals surface area contributed by atoms with Crippen LogP contribution in [0.3, 0.4) is 0 Å². The van der Waals surface area contributed by atoms with Crippen LogP contribution in [-0.2, 0) is 0 Å². The van der Waals surface area contributed by atoms with Gasteiger partial charge in [0.1, 0.15) is 10.4 Å². The highest BCUT2D eigenvalue weighted by molar-refractivity contribution is 9.10. The minimum absolute atomic E-state index is 0.500. The van der Waals surface area contributed by atoms with Crippen LogP contribution < -0.4 is 10.6 Å². The molecule has 0 spiro atoms. The van der Waals surface area contributed by atoms with Gasteiger partial charge in [-0.15, -0.1) is 0 Å². The number of halogens is 1. The minimum atomic E-state index is 0.500. The second kappa shape index (κ2) is 6.03. The lowest BCUT2D eigenvalue weighted by molar-refractivity contribution is 0.542. The molecule has 0 aliphatic heterocycles. The largest absolute Gasteiger partial charge is 0.383 e. The fourth-order valence-corrected chi connectivity index (χ4v) is 1.81. The van der Waals surface area contributed by atoms with Gasteiger partial charge in [0, 0.05) is 19.2 Å². The number of nitrogens with two attached hydrogens (primary N) is 1. The number of hydrogen-bond acceptors (Lipinski definition) is 4. The predicted octanol–water partition coefficient (Wildman–Crippen LogP) is 2.69. The average Bonchev–Trinajstić information content (AvgIpc) is 2.24. The molecule has 16 heavy (non-hydrogen) atoms. The van der Waals surface area contributed by atoms with Gasteiger partial charge in [0.2, 0.25) is 5.95 Å². The summed E-state index contributed by atoms with van der Waals surface area (Å²) >= 11 is 3.34. The Balaban J connectivity index is 2.86. The monoisotopic (exact) mass is 286 g/mol. The van der Waals surface area contributed by atoms with Gasteiger partial charge in [-0.25, -0.2) is 4.98 Å². The Morgan fingerprint density at radius 1 is 1.44 bits per heavy atom. The molecule has 1 aromatic rings. The Bertz CT molecular complexity index is 323. The SMILES string of the molecule is CCC(C)CN(CC)c1nc(N)cc(Br)n1. The number of aromatic nitrogens is 2. The van der Waals surface area contributed by atoms with Gasteiger partial charge >= 0.3 is 0 Å². The third kappa shape index (κ3) is 3.63. The van der Waals surface area contributed by atoms with Gasteiger partial charge in [0.15, 0.2) is 0 Å². The molecule has 0 bridgehead atoms. The molecule has 1 heterocycles. The fraction of sp³-hybridized carbons (Fsp3) is 0.636. The summed E-state index contributed by atoms with van der Waals surface area (Å²) in [5.74, 6) is 1.83. The lowest BCUT2D eigenvalue weighted by atomic mass is 10.1. The zero-order valence-corrected chi connectivity index (χ0v) is 11.7. The van der Waals surface area contributed by atoms with Gasteiger partial charge in [0.05, 0.1) is 0 Å². The van der Waals surface area contributed by atoms with Crippen LogP contribution in [0.15, 0.2) is 10.7 Å². The number of anilines is 2. The molecule has 0 aliphatic rings. The van der Waals surface area contributed by atoms with Crippen molar-refractivity contribution in [2.75, 3.05) is 23.7 Å². The van der Waals surface area contributed by atoms with Crippen LogP contribution in [0.25, 0.3) is 0 Å². The summed E-state index contributed by atoms with van der Waals surface area (Å²) in [5, 5.41) is 0. The van der Waals surface area contributed by atoms with Crippen molar-refractivity contribution in [1.82, 2.24) is 9.97 Å². The molecule has 1 unspecified atom stereocenters. The smallest absolute Gasteiger partial charge is 0.228 e. The number of rotatable bonds is 5. The molecule has 0 fully saturated rings. The second-order valence-electron chi connectivity index (χ2n) is 3.97. The Labute approximate surface area is 105 Å². The summed E-state index contributed by atoms with van der Waals surface area (Å²) in [6.45, 7) is 8.37. The van der Waals surface area contributed by atoms with E-state index >= 15 is 0 Å². The van der Waals surface area contributed by atoms with E-state index in [0.717, 1.165) is 24.1 Å². The van der Waals surface area contributed by atoms with Gasteiger partial charge in [-0.1, -0.05) is 20.3 Å². The Morgan fingerprint density at radius 3 is 2.62 bits per heavy atom. The first-order valence-electron chi connectivity index (χ1n) is 5.61. The first kappa shape index (κ1) is 13.2. The van der Waals surface area contributed by atoms with Crippen LogP contribution >= 0.6 is 15.9 Å². The Hall–Kier alpha value is -0.840. The molecule has 0 aromatic carbocycles. The molecule has 1 atom stereocenters. The summed E-state index contributed by atoms with van der Waals surface area (Å²) < 4.78 is 0.734. The van der Waals surface area contributed by atoms with Crippen molar-refractivity contribution in [3.8, 4) is 0 Å². The van der Waals surface area contributed by atoms with Crippen molar-refractivity contribution in [2.24, 2.45) is 5.92 Å². The van der Waals surface area contributed by atoms with Crippen LogP contribution in [0.2, 0.25) is 0 Å². The molecule has 4 nitrogen and oxygen atoms in total. The van der Waals surface area contributed by atoms with Crippen molar-refractivity contribution >= 4 is 27.7 Å². The number of nitrogen functional groups attached to an aromatic ring is 1.